The van der Waals surface area contributed by atoms with Crippen LogP contribution in [-0.4, -0.2) is 23.4 Å². The highest BCUT2D eigenvalue weighted by Crippen LogP contribution is 2.16. The summed E-state index contributed by atoms with van der Waals surface area (Å²) >= 11 is 3.25. The zero-order valence-electron chi connectivity index (χ0n) is 9.51. The normalized spacial score (nSPS) is 11.4. The first-order valence-corrected chi connectivity index (χ1v) is 7.47. The zero-order chi connectivity index (χ0) is 13.2. The summed E-state index contributed by atoms with van der Waals surface area (Å²) in [5.41, 5.74) is 0. The van der Waals surface area contributed by atoms with Crippen LogP contribution < -0.4 is 4.72 Å². The van der Waals surface area contributed by atoms with Gasteiger partial charge in [0.25, 0.3) is 10.0 Å². The van der Waals surface area contributed by atoms with Gasteiger partial charge in [-0.15, -0.1) is 0 Å². The van der Waals surface area contributed by atoms with Gasteiger partial charge in [0.2, 0.25) is 0 Å². The van der Waals surface area contributed by atoms with Crippen molar-refractivity contribution < 1.29 is 8.42 Å². The van der Waals surface area contributed by atoms with Crippen LogP contribution in [0.3, 0.4) is 0 Å². The highest BCUT2D eigenvalue weighted by molar-refractivity contribution is 9.10. The Bertz CT molecular complexity index is 653. The molecule has 0 saturated heterocycles. The molecule has 2 heterocycles. The van der Waals surface area contributed by atoms with Crippen molar-refractivity contribution in [2.45, 2.75) is 18.4 Å². The number of imidazole rings is 1. The number of aromatic amines is 1. The monoisotopic (exact) mass is 330 g/mol. The Morgan fingerprint density at radius 3 is 2.83 bits per heavy atom. The predicted octanol–water partition coefficient (Wildman–Crippen LogP) is 1.93. The quantitative estimate of drug-likeness (QED) is 0.896. The molecule has 0 aliphatic heterocycles. The maximum atomic E-state index is 12.0. The van der Waals surface area contributed by atoms with Gasteiger partial charge in [0, 0.05) is 17.1 Å². The largest absolute Gasteiger partial charge is 0.332 e. The third-order valence-electron chi connectivity index (χ3n) is 2.19. The fourth-order valence-corrected chi connectivity index (χ4v) is 2.59. The van der Waals surface area contributed by atoms with Crippen molar-refractivity contribution in [3.05, 3.63) is 34.8 Å². The number of anilines is 1. The molecule has 96 valence electrons. The molecular formula is C10H11BrN4O2S. The van der Waals surface area contributed by atoms with E-state index in [-0.39, 0.29) is 10.8 Å². The molecule has 0 aliphatic carbocycles. The van der Waals surface area contributed by atoms with Crippen molar-refractivity contribution in [2.24, 2.45) is 0 Å². The van der Waals surface area contributed by atoms with Crippen molar-refractivity contribution in [2.75, 3.05) is 4.72 Å². The van der Waals surface area contributed by atoms with E-state index in [9.17, 15) is 8.42 Å². The lowest BCUT2D eigenvalue weighted by Crippen LogP contribution is -2.14. The second-order valence-corrected chi connectivity index (χ2v) is 6.08. The second kappa shape index (κ2) is 5.07. The van der Waals surface area contributed by atoms with Gasteiger partial charge in [-0.3, -0.25) is 4.72 Å². The predicted molar refractivity (Wildman–Crippen MR) is 70.7 cm³/mol. The average molecular weight is 331 g/mol. The minimum Gasteiger partial charge on any atom is -0.332 e. The molecule has 0 atom stereocenters. The molecule has 8 heteroatoms. The fraction of sp³-hybridized carbons (Fsp3) is 0.200. The minimum absolute atomic E-state index is 0.0288. The summed E-state index contributed by atoms with van der Waals surface area (Å²) in [6.07, 6.45) is 3.44. The van der Waals surface area contributed by atoms with Crippen molar-refractivity contribution in [1.29, 1.82) is 0 Å². The summed E-state index contributed by atoms with van der Waals surface area (Å²) in [7, 11) is -3.67. The molecule has 2 aromatic rings. The lowest BCUT2D eigenvalue weighted by Gasteiger charge is -2.05. The van der Waals surface area contributed by atoms with Gasteiger partial charge >= 0.3 is 0 Å². The molecule has 2 N–H and O–H groups in total. The van der Waals surface area contributed by atoms with E-state index in [0.29, 0.717) is 12.2 Å². The van der Waals surface area contributed by atoms with Crippen LogP contribution in [0.2, 0.25) is 0 Å². The number of hydrogen-bond acceptors (Lipinski definition) is 4. The second-order valence-electron chi connectivity index (χ2n) is 3.51. The molecule has 0 saturated carbocycles. The highest BCUT2D eigenvalue weighted by atomic mass is 79.9. The van der Waals surface area contributed by atoms with Crippen molar-refractivity contribution in [3.63, 3.8) is 0 Å². The van der Waals surface area contributed by atoms with Crippen LogP contribution >= 0.6 is 15.9 Å². The molecule has 2 aromatic heterocycles. The molecule has 2 rings (SSSR count). The number of sulfonamides is 1. The Balaban J connectivity index is 2.27. The third-order valence-corrected chi connectivity index (χ3v) is 3.95. The lowest BCUT2D eigenvalue weighted by molar-refractivity contribution is 0.597. The SMILES string of the molecule is CCc1ncc(S(=O)(=O)Nc2cc(Br)ccn2)[nH]1. The van der Waals surface area contributed by atoms with Crippen LogP contribution in [0.15, 0.2) is 34.0 Å². The summed E-state index contributed by atoms with van der Waals surface area (Å²) in [6, 6.07) is 3.29. The zero-order valence-corrected chi connectivity index (χ0v) is 11.9. The fourth-order valence-electron chi connectivity index (χ4n) is 1.31. The van der Waals surface area contributed by atoms with Crippen molar-refractivity contribution in [3.8, 4) is 0 Å². The van der Waals surface area contributed by atoms with Crippen molar-refractivity contribution in [1.82, 2.24) is 15.0 Å². The van der Waals surface area contributed by atoms with Crippen LogP contribution in [0.5, 0.6) is 0 Å². The van der Waals surface area contributed by atoms with Gasteiger partial charge in [-0.25, -0.2) is 9.97 Å². The van der Waals surface area contributed by atoms with E-state index in [2.05, 4.69) is 35.6 Å². The number of aryl methyl sites for hydroxylation is 1. The Kier molecular flexibility index (Phi) is 3.67. The number of nitrogens with zero attached hydrogens (tertiary/aromatic N) is 2. The maximum absolute atomic E-state index is 12.0. The van der Waals surface area contributed by atoms with E-state index in [0.717, 1.165) is 4.47 Å². The number of aromatic nitrogens is 3. The smallest absolute Gasteiger partial charge is 0.280 e. The number of pyridine rings is 1. The van der Waals surface area contributed by atoms with E-state index in [1.165, 1.54) is 12.4 Å². The Morgan fingerprint density at radius 2 is 2.22 bits per heavy atom. The Labute approximate surface area is 113 Å². The number of nitrogens with one attached hydrogen (secondary N) is 2. The molecule has 6 nitrogen and oxygen atoms in total. The average Bonchev–Trinajstić information content (AvgIpc) is 2.77. The molecule has 0 aliphatic rings. The van der Waals surface area contributed by atoms with Gasteiger partial charge in [-0.1, -0.05) is 22.9 Å². The first-order valence-electron chi connectivity index (χ1n) is 5.19. The molecule has 0 bridgehead atoms. The van der Waals surface area contributed by atoms with Gasteiger partial charge in [-0.2, -0.15) is 8.42 Å². The highest BCUT2D eigenvalue weighted by Gasteiger charge is 2.17. The topological polar surface area (TPSA) is 87.7 Å². The van der Waals surface area contributed by atoms with Gasteiger partial charge in [0.15, 0.2) is 5.03 Å². The maximum Gasteiger partial charge on any atom is 0.280 e. The first kappa shape index (κ1) is 13.0. The van der Waals surface area contributed by atoms with Crippen LogP contribution in [0.1, 0.15) is 12.7 Å². The Hall–Kier alpha value is -1.41. The number of halogens is 1. The molecular weight excluding hydrogens is 320 g/mol. The molecule has 0 radical (unpaired) electrons. The number of rotatable bonds is 4. The lowest BCUT2D eigenvalue weighted by atomic mass is 10.5. The van der Waals surface area contributed by atoms with E-state index < -0.39 is 10.0 Å². The van der Waals surface area contributed by atoms with Gasteiger partial charge in [0.05, 0.1) is 6.20 Å². The number of H-pyrrole nitrogens is 1. The first-order chi connectivity index (χ1) is 8.51. The van der Waals surface area contributed by atoms with E-state index in [1.807, 2.05) is 6.92 Å². The van der Waals surface area contributed by atoms with Gasteiger partial charge < -0.3 is 4.98 Å². The van der Waals surface area contributed by atoms with Crippen LogP contribution in [0.4, 0.5) is 5.82 Å². The summed E-state index contributed by atoms with van der Waals surface area (Å²) in [5, 5.41) is 0.0288. The molecule has 0 fully saturated rings. The van der Waals surface area contributed by atoms with Gasteiger partial charge in [0.1, 0.15) is 11.6 Å². The van der Waals surface area contributed by atoms with Crippen LogP contribution in [-0.2, 0) is 16.4 Å². The van der Waals surface area contributed by atoms with E-state index >= 15 is 0 Å². The van der Waals surface area contributed by atoms with Gasteiger partial charge in [-0.05, 0) is 12.1 Å². The Morgan fingerprint density at radius 1 is 1.44 bits per heavy atom. The minimum atomic E-state index is -3.67. The third kappa shape index (κ3) is 2.88. The summed E-state index contributed by atoms with van der Waals surface area (Å²) in [4.78, 5) is 10.6. The molecule has 0 aromatic carbocycles. The van der Waals surface area contributed by atoms with E-state index in [4.69, 9.17) is 0 Å². The molecule has 0 unspecified atom stereocenters. The molecule has 18 heavy (non-hydrogen) atoms. The van der Waals surface area contributed by atoms with E-state index in [1.54, 1.807) is 12.1 Å². The molecule has 0 spiro atoms. The van der Waals surface area contributed by atoms with Crippen molar-refractivity contribution >= 4 is 31.8 Å². The van der Waals surface area contributed by atoms with Crippen LogP contribution in [0.25, 0.3) is 0 Å². The number of hydrogen-bond donors (Lipinski definition) is 2. The summed E-state index contributed by atoms with van der Waals surface area (Å²) in [5.74, 6) is 0.870. The molecule has 0 amide bonds. The summed E-state index contributed by atoms with van der Waals surface area (Å²) in [6.45, 7) is 1.89. The van der Waals surface area contributed by atoms with Crippen LogP contribution in [0, 0.1) is 0 Å². The summed E-state index contributed by atoms with van der Waals surface area (Å²) < 4.78 is 27.1. The standard InChI is InChI=1S/C10H11BrN4O2S/c1-2-8-13-6-10(14-8)18(16,17)15-9-5-7(11)3-4-12-9/h3-6H,2H2,1H3,(H,12,15)(H,13,14).